The number of benzene rings is 1. The highest BCUT2D eigenvalue weighted by molar-refractivity contribution is 5.79. The Morgan fingerprint density at radius 2 is 1.97 bits per heavy atom. The number of hydrogen-bond acceptors (Lipinski definition) is 7. The molecule has 2 amide bonds. The van der Waals surface area contributed by atoms with Crippen molar-refractivity contribution in [3.8, 4) is 11.5 Å². The Morgan fingerprint density at radius 1 is 1.09 bits per heavy atom. The smallest absolute Gasteiger partial charge is 0.231 e. The van der Waals surface area contributed by atoms with Gasteiger partial charge in [-0.25, -0.2) is 0 Å². The number of rotatable bonds is 8. The van der Waals surface area contributed by atoms with Gasteiger partial charge in [-0.1, -0.05) is 24.3 Å². The molecule has 3 atom stereocenters. The van der Waals surface area contributed by atoms with Crippen LogP contribution in [0.5, 0.6) is 11.5 Å². The van der Waals surface area contributed by atoms with Gasteiger partial charge >= 0.3 is 0 Å². The van der Waals surface area contributed by atoms with Gasteiger partial charge in [-0.05, 0) is 29.3 Å². The van der Waals surface area contributed by atoms with E-state index in [9.17, 15) is 14.7 Å². The highest BCUT2D eigenvalue weighted by Crippen LogP contribution is 2.32. The zero-order valence-corrected chi connectivity index (χ0v) is 17.4. The lowest BCUT2D eigenvalue weighted by Crippen LogP contribution is -2.49. The molecule has 4 rings (SSSR count). The summed E-state index contributed by atoms with van der Waals surface area (Å²) in [5.41, 5.74) is 1.69. The molecular formula is C23H25N3O6. The molecule has 0 bridgehead atoms. The summed E-state index contributed by atoms with van der Waals surface area (Å²) in [6, 6.07) is 8.63. The van der Waals surface area contributed by atoms with Crippen molar-refractivity contribution >= 4 is 11.8 Å². The van der Waals surface area contributed by atoms with E-state index in [4.69, 9.17) is 14.2 Å². The number of fused-ring (bicyclic) bond motifs is 1. The first-order valence-electron chi connectivity index (χ1n) is 10.4. The number of pyridine rings is 1. The Balaban J connectivity index is 1.25. The average Bonchev–Trinajstić information content (AvgIpc) is 3.27. The van der Waals surface area contributed by atoms with Crippen LogP contribution in [0.1, 0.15) is 17.5 Å². The maximum Gasteiger partial charge on any atom is 0.231 e. The lowest BCUT2D eigenvalue weighted by atomic mass is 10.0. The van der Waals surface area contributed by atoms with Crippen molar-refractivity contribution in [2.75, 3.05) is 13.4 Å². The minimum absolute atomic E-state index is 0.105. The Bertz CT molecular complexity index is 981. The van der Waals surface area contributed by atoms with Gasteiger partial charge in [-0.3, -0.25) is 14.6 Å². The zero-order chi connectivity index (χ0) is 22.3. The number of nitrogens with one attached hydrogen (secondary N) is 2. The number of aromatic nitrogens is 1. The van der Waals surface area contributed by atoms with Crippen LogP contribution in [0.25, 0.3) is 0 Å². The summed E-state index contributed by atoms with van der Waals surface area (Å²) in [4.78, 5) is 28.7. The average molecular weight is 439 g/mol. The van der Waals surface area contributed by atoms with Crippen molar-refractivity contribution in [2.24, 2.45) is 0 Å². The summed E-state index contributed by atoms with van der Waals surface area (Å²) in [5.74, 6) is 0.971. The van der Waals surface area contributed by atoms with Gasteiger partial charge in [0.05, 0.1) is 31.6 Å². The Morgan fingerprint density at radius 3 is 2.78 bits per heavy atom. The molecule has 1 aromatic carbocycles. The fourth-order valence-electron chi connectivity index (χ4n) is 3.57. The van der Waals surface area contributed by atoms with Gasteiger partial charge in [0.2, 0.25) is 18.6 Å². The van der Waals surface area contributed by atoms with Crippen LogP contribution < -0.4 is 20.1 Å². The molecule has 0 unspecified atom stereocenters. The van der Waals surface area contributed by atoms with Crippen LogP contribution >= 0.6 is 0 Å². The minimum atomic E-state index is -0.635. The maximum absolute atomic E-state index is 12.4. The normalized spacial score (nSPS) is 21.2. The molecule has 1 aromatic heterocycles. The third-order valence-corrected chi connectivity index (χ3v) is 5.19. The summed E-state index contributed by atoms with van der Waals surface area (Å²) in [5, 5.41) is 15.4. The Hall–Kier alpha value is -3.43. The third kappa shape index (κ3) is 5.63. The van der Waals surface area contributed by atoms with Gasteiger partial charge in [-0.2, -0.15) is 0 Å². The van der Waals surface area contributed by atoms with Gasteiger partial charge in [0.1, 0.15) is 6.10 Å². The first kappa shape index (κ1) is 21.8. The summed E-state index contributed by atoms with van der Waals surface area (Å²) < 4.78 is 16.4. The van der Waals surface area contributed by atoms with Crippen LogP contribution in [-0.4, -0.2) is 53.6 Å². The quantitative estimate of drug-likeness (QED) is 0.522. The monoisotopic (exact) mass is 439 g/mol. The van der Waals surface area contributed by atoms with E-state index in [1.165, 1.54) is 0 Å². The summed E-state index contributed by atoms with van der Waals surface area (Å²) in [7, 11) is 0. The fourth-order valence-corrected chi connectivity index (χ4v) is 3.57. The molecule has 9 nitrogen and oxygen atoms in total. The zero-order valence-electron chi connectivity index (χ0n) is 17.4. The highest BCUT2D eigenvalue weighted by Gasteiger charge is 2.29. The molecule has 0 saturated heterocycles. The van der Waals surface area contributed by atoms with Crippen molar-refractivity contribution in [3.05, 3.63) is 66.0 Å². The molecule has 0 spiro atoms. The number of hydrogen-bond donors (Lipinski definition) is 3. The molecule has 32 heavy (non-hydrogen) atoms. The minimum Gasteiger partial charge on any atom is -0.454 e. The Labute approximate surface area is 185 Å². The summed E-state index contributed by atoms with van der Waals surface area (Å²) in [6.07, 6.45) is 5.94. The van der Waals surface area contributed by atoms with E-state index in [0.717, 1.165) is 11.1 Å². The number of aliphatic hydroxyl groups excluding tert-OH is 1. The molecule has 3 N–H and O–H groups in total. The van der Waals surface area contributed by atoms with Gasteiger partial charge in [0, 0.05) is 18.9 Å². The molecule has 2 aromatic rings. The van der Waals surface area contributed by atoms with E-state index in [2.05, 4.69) is 15.6 Å². The van der Waals surface area contributed by atoms with Crippen LogP contribution in [0.4, 0.5) is 0 Å². The maximum atomic E-state index is 12.4. The summed E-state index contributed by atoms with van der Waals surface area (Å²) >= 11 is 0. The lowest BCUT2D eigenvalue weighted by molar-refractivity contribution is -0.128. The first-order valence-corrected chi connectivity index (χ1v) is 10.4. The van der Waals surface area contributed by atoms with Crippen LogP contribution in [0.15, 0.2) is 54.9 Å². The second-order valence-corrected chi connectivity index (χ2v) is 7.58. The van der Waals surface area contributed by atoms with E-state index >= 15 is 0 Å². The number of amides is 2. The van der Waals surface area contributed by atoms with E-state index in [1.54, 1.807) is 30.6 Å². The van der Waals surface area contributed by atoms with Gasteiger partial charge in [0.25, 0.3) is 0 Å². The molecule has 0 saturated carbocycles. The van der Waals surface area contributed by atoms with Crippen LogP contribution in [0.3, 0.4) is 0 Å². The van der Waals surface area contributed by atoms with E-state index < -0.39 is 18.2 Å². The first-order chi connectivity index (χ1) is 15.6. The summed E-state index contributed by atoms with van der Waals surface area (Å²) in [6.45, 7) is 0.271. The predicted molar refractivity (Wildman–Crippen MR) is 114 cm³/mol. The van der Waals surface area contributed by atoms with Crippen LogP contribution in [0.2, 0.25) is 0 Å². The fraction of sp³-hybridized carbons (Fsp3) is 0.348. The molecule has 2 aliphatic rings. The number of carbonyl (C=O) groups excluding carboxylic acids is 2. The lowest BCUT2D eigenvalue weighted by Gasteiger charge is -2.31. The molecule has 168 valence electrons. The Kier molecular flexibility index (Phi) is 6.98. The van der Waals surface area contributed by atoms with Crippen molar-refractivity contribution in [1.82, 2.24) is 15.6 Å². The SMILES string of the molecule is O=C(C[C@@H]1C=C[C@@H](NC(=O)Cc2cccnc2)[C@H](CO)O1)NCc1ccc2c(c1)OCO2. The molecule has 0 radical (unpaired) electrons. The number of ether oxygens (including phenoxy) is 3. The second kappa shape index (κ2) is 10.3. The third-order valence-electron chi connectivity index (χ3n) is 5.19. The van der Waals surface area contributed by atoms with Crippen molar-refractivity contribution in [1.29, 1.82) is 0 Å². The predicted octanol–water partition coefficient (Wildman–Crippen LogP) is 0.860. The van der Waals surface area contributed by atoms with E-state index in [-0.39, 0.29) is 38.1 Å². The topological polar surface area (TPSA) is 119 Å². The number of carbonyl (C=O) groups is 2. The number of aliphatic hydroxyl groups is 1. The van der Waals surface area contributed by atoms with Crippen molar-refractivity contribution in [3.63, 3.8) is 0 Å². The molecular weight excluding hydrogens is 414 g/mol. The highest BCUT2D eigenvalue weighted by atomic mass is 16.7. The molecule has 0 aliphatic carbocycles. The van der Waals surface area contributed by atoms with Gasteiger partial charge in [0.15, 0.2) is 11.5 Å². The van der Waals surface area contributed by atoms with Crippen LogP contribution in [0, 0.1) is 0 Å². The molecule has 3 heterocycles. The molecule has 2 aliphatic heterocycles. The van der Waals surface area contributed by atoms with Crippen molar-refractivity contribution < 1.29 is 28.9 Å². The molecule has 9 heteroatoms. The largest absolute Gasteiger partial charge is 0.454 e. The molecule has 0 fully saturated rings. The standard InChI is InChI=1S/C23H25N3O6/c27-13-21-18(26-23(29)9-15-2-1-7-24-11-15)5-4-17(32-21)10-22(28)25-12-16-3-6-19-20(8-16)31-14-30-19/h1-8,11,17-18,21,27H,9-10,12-14H2,(H,25,28)(H,26,29)/t17-,18+,21-/m0/s1. The second-order valence-electron chi connectivity index (χ2n) is 7.58. The van der Waals surface area contributed by atoms with Crippen molar-refractivity contribution in [2.45, 2.75) is 37.6 Å². The van der Waals surface area contributed by atoms with Gasteiger partial charge < -0.3 is 30.0 Å². The van der Waals surface area contributed by atoms with E-state index in [1.807, 2.05) is 24.3 Å². The van der Waals surface area contributed by atoms with Crippen LogP contribution in [-0.2, 0) is 27.3 Å². The van der Waals surface area contributed by atoms with E-state index in [0.29, 0.717) is 18.0 Å². The number of nitrogens with zero attached hydrogens (tertiary/aromatic N) is 1. The van der Waals surface area contributed by atoms with Gasteiger partial charge in [-0.15, -0.1) is 0 Å².